The monoisotopic (exact) mass is 439 g/mol. The quantitative estimate of drug-likeness (QED) is 0.503. The summed E-state index contributed by atoms with van der Waals surface area (Å²) in [5.41, 5.74) is -0.448. The first kappa shape index (κ1) is 21.2. The van der Waals surface area contributed by atoms with Gasteiger partial charge in [-0.2, -0.15) is 0 Å². The van der Waals surface area contributed by atoms with Gasteiger partial charge in [0.05, 0.1) is 9.82 Å². The Morgan fingerprint density at radius 1 is 0.862 bits per heavy atom. The Morgan fingerprint density at radius 3 is 2.10 bits per heavy atom. The van der Waals surface area contributed by atoms with Crippen molar-refractivity contribution in [3.8, 4) is 0 Å². The normalized spacial score (nSPS) is 15.7. The van der Waals surface area contributed by atoms with Crippen LogP contribution in [0.5, 0.6) is 0 Å². The molecule has 2 aromatic carbocycles. The van der Waals surface area contributed by atoms with E-state index in [9.17, 15) is 26.9 Å². The lowest BCUT2D eigenvalue weighted by Crippen LogP contribution is -2.36. The fourth-order valence-corrected chi connectivity index (χ4v) is 5.79. The van der Waals surface area contributed by atoms with Crippen LogP contribution in [-0.4, -0.2) is 27.8 Å². The Hall–Kier alpha value is -2.50. The minimum atomic E-state index is -4.22. The number of nitrogens with zero attached hydrogens (tertiary/aromatic N) is 1. The fourth-order valence-electron chi connectivity index (χ4n) is 3.26. The van der Waals surface area contributed by atoms with Gasteiger partial charge in [0, 0.05) is 17.8 Å². The number of sulfonamides is 2. The van der Waals surface area contributed by atoms with Crippen molar-refractivity contribution in [1.29, 1.82) is 0 Å². The molecule has 0 bridgehead atoms. The van der Waals surface area contributed by atoms with Crippen LogP contribution in [0.15, 0.2) is 58.3 Å². The lowest BCUT2D eigenvalue weighted by Gasteiger charge is -2.22. The topological polar surface area (TPSA) is 135 Å². The number of hydrogen-bond acceptors (Lipinski definition) is 6. The molecular formula is C18H21N3O6S2. The molecule has 156 valence electrons. The summed E-state index contributed by atoms with van der Waals surface area (Å²) < 4.78 is 55.0. The molecule has 1 aliphatic rings. The van der Waals surface area contributed by atoms with Crippen LogP contribution in [0.3, 0.4) is 0 Å². The third-order valence-corrected chi connectivity index (χ3v) is 7.66. The van der Waals surface area contributed by atoms with Gasteiger partial charge in [0.25, 0.3) is 15.7 Å². The van der Waals surface area contributed by atoms with Crippen molar-refractivity contribution in [2.24, 2.45) is 0 Å². The van der Waals surface area contributed by atoms with Crippen LogP contribution in [0.4, 0.5) is 11.4 Å². The molecule has 0 aromatic heterocycles. The van der Waals surface area contributed by atoms with Crippen molar-refractivity contribution in [3.05, 3.63) is 58.6 Å². The van der Waals surface area contributed by atoms with Crippen LogP contribution >= 0.6 is 0 Å². The number of rotatable bonds is 7. The van der Waals surface area contributed by atoms with Crippen LogP contribution in [0, 0.1) is 10.1 Å². The number of para-hydroxylation sites is 1. The summed E-state index contributed by atoms with van der Waals surface area (Å²) in [5.74, 6) is 0. The largest absolute Gasteiger partial charge is 0.289 e. The van der Waals surface area contributed by atoms with E-state index >= 15 is 0 Å². The highest BCUT2D eigenvalue weighted by Gasteiger charge is 2.26. The molecule has 1 saturated carbocycles. The maximum Gasteiger partial charge on any atom is 0.289 e. The van der Waals surface area contributed by atoms with Gasteiger partial charge < -0.3 is 0 Å². The molecule has 1 aliphatic carbocycles. The lowest BCUT2D eigenvalue weighted by atomic mass is 9.96. The van der Waals surface area contributed by atoms with E-state index in [0.29, 0.717) is 0 Å². The van der Waals surface area contributed by atoms with Crippen molar-refractivity contribution in [3.63, 3.8) is 0 Å². The van der Waals surface area contributed by atoms with E-state index in [1.165, 1.54) is 36.4 Å². The average Bonchev–Trinajstić information content (AvgIpc) is 2.68. The molecule has 0 spiro atoms. The van der Waals surface area contributed by atoms with E-state index in [2.05, 4.69) is 9.44 Å². The molecule has 9 nitrogen and oxygen atoms in total. The SMILES string of the molecule is O=[N+]([O-])c1ccccc1S(=O)(=O)Nc1ccc(S(=O)(=O)NC2CCCCC2)cc1. The van der Waals surface area contributed by atoms with Gasteiger partial charge in [-0.05, 0) is 43.2 Å². The number of anilines is 1. The molecule has 2 aromatic rings. The van der Waals surface area contributed by atoms with E-state index in [0.717, 1.165) is 44.2 Å². The van der Waals surface area contributed by atoms with Crippen LogP contribution in [0.25, 0.3) is 0 Å². The van der Waals surface area contributed by atoms with Crippen molar-refractivity contribution >= 4 is 31.4 Å². The molecule has 0 amide bonds. The third kappa shape index (κ3) is 5.11. The van der Waals surface area contributed by atoms with Gasteiger partial charge in [-0.25, -0.2) is 21.6 Å². The number of benzene rings is 2. The van der Waals surface area contributed by atoms with Crippen LogP contribution in [0.2, 0.25) is 0 Å². The molecule has 29 heavy (non-hydrogen) atoms. The zero-order valence-corrected chi connectivity index (χ0v) is 17.1. The third-order valence-electron chi connectivity index (χ3n) is 4.70. The highest BCUT2D eigenvalue weighted by Crippen LogP contribution is 2.26. The van der Waals surface area contributed by atoms with Gasteiger partial charge in [-0.1, -0.05) is 31.4 Å². The lowest BCUT2D eigenvalue weighted by molar-refractivity contribution is -0.387. The Morgan fingerprint density at radius 2 is 1.48 bits per heavy atom. The van der Waals surface area contributed by atoms with Crippen LogP contribution < -0.4 is 9.44 Å². The molecule has 0 radical (unpaired) electrons. The number of nitrogens with one attached hydrogen (secondary N) is 2. The summed E-state index contributed by atoms with van der Waals surface area (Å²) in [6, 6.07) is 10.1. The molecule has 3 rings (SSSR count). The molecule has 0 unspecified atom stereocenters. The molecule has 1 fully saturated rings. The van der Waals surface area contributed by atoms with Crippen LogP contribution in [0.1, 0.15) is 32.1 Å². The first-order chi connectivity index (χ1) is 13.7. The van der Waals surface area contributed by atoms with E-state index in [1.807, 2.05) is 0 Å². The first-order valence-corrected chi connectivity index (χ1v) is 12.0. The minimum Gasteiger partial charge on any atom is -0.279 e. The smallest absolute Gasteiger partial charge is 0.279 e. The molecular weight excluding hydrogens is 418 g/mol. The molecule has 11 heteroatoms. The van der Waals surface area contributed by atoms with E-state index < -0.39 is 35.6 Å². The Bertz CT molecular complexity index is 1090. The fraction of sp³-hybridized carbons (Fsp3) is 0.333. The summed E-state index contributed by atoms with van der Waals surface area (Å²) in [5, 5.41) is 11.1. The maximum atomic E-state index is 12.5. The second-order valence-electron chi connectivity index (χ2n) is 6.81. The zero-order chi connectivity index (χ0) is 21.1. The Kier molecular flexibility index (Phi) is 6.20. The average molecular weight is 440 g/mol. The minimum absolute atomic E-state index is 0.0247. The first-order valence-electron chi connectivity index (χ1n) is 9.08. The summed E-state index contributed by atoms with van der Waals surface area (Å²) in [6.45, 7) is 0. The van der Waals surface area contributed by atoms with Crippen LogP contribution in [-0.2, 0) is 20.0 Å². The highest BCUT2D eigenvalue weighted by molar-refractivity contribution is 7.93. The maximum absolute atomic E-state index is 12.5. The van der Waals surface area contributed by atoms with E-state index in [-0.39, 0.29) is 16.6 Å². The van der Waals surface area contributed by atoms with Gasteiger partial charge in [-0.15, -0.1) is 0 Å². The summed E-state index contributed by atoms with van der Waals surface area (Å²) >= 11 is 0. The summed E-state index contributed by atoms with van der Waals surface area (Å²) in [4.78, 5) is 9.86. The summed E-state index contributed by atoms with van der Waals surface area (Å²) in [7, 11) is -7.92. The molecule has 0 aliphatic heterocycles. The van der Waals surface area contributed by atoms with Crippen molar-refractivity contribution < 1.29 is 21.8 Å². The molecule has 0 atom stereocenters. The highest BCUT2D eigenvalue weighted by atomic mass is 32.2. The van der Waals surface area contributed by atoms with Gasteiger partial charge >= 0.3 is 0 Å². The van der Waals surface area contributed by atoms with Gasteiger partial charge in [0.15, 0.2) is 4.90 Å². The van der Waals surface area contributed by atoms with Gasteiger partial charge in [-0.3, -0.25) is 14.8 Å². The Balaban J connectivity index is 1.77. The number of nitro benzene ring substituents is 1. The number of nitro groups is 1. The van der Waals surface area contributed by atoms with E-state index in [4.69, 9.17) is 0 Å². The predicted molar refractivity (Wildman–Crippen MR) is 108 cm³/mol. The predicted octanol–water partition coefficient (Wildman–Crippen LogP) is 3.01. The van der Waals surface area contributed by atoms with Crippen molar-refractivity contribution in [2.45, 2.75) is 47.9 Å². The summed E-state index contributed by atoms with van der Waals surface area (Å²) in [6.07, 6.45) is 4.67. The Labute approximate surface area is 169 Å². The van der Waals surface area contributed by atoms with Gasteiger partial charge in [0.1, 0.15) is 0 Å². The zero-order valence-electron chi connectivity index (χ0n) is 15.4. The second-order valence-corrected chi connectivity index (χ2v) is 10.2. The molecule has 0 saturated heterocycles. The molecule has 2 N–H and O–H groups in total. The second kappa shape index (κ2) is 8.47. The number of hydrogen-bond donors (Lipinski definition) is 2. The standard InChI is InChI=1S/C18H21N3O6S2/c22-21(23)17-8-4-5-9-18(17)29(26,27)20-15-10-12-16(13-11-15)28(24,25)19-14-6-2-1-3-7-14/h4-5,8-14,19-20H,1-3,6-7H2. The molecule has 0 heterocycles. The van der Waals surface area contributed by atoms with Gasteiger partial charge in [0.2, 0.25) is 10.0 Å². The van der Waals surface area contributed by atoms with Crippen molar-refractivity contribution in [2.75, 3.05) is 4.72 Å². The van der Waals surface area contributed by atoms with Crippen molar-refractivity contribution in [1.82, 2.24) is 4.72 Å². The van der Waals surface area contributed by atoms with E-state index in [1.54, 1.807) is 0 Å².